The van der Waals surface area contributed by atoms with Crippen molar-refractivity contribution >= 4 is 45.5 Å². The molecular formula is C30H40N2Sr+2. The summed E-state index contributed by atoms with van der Waals surface area (Å²) in [5.74, 6) is 0. The second-order valence-corrected chi connectivity index (χ2v) is 8.80. The van der Waals surface area contributed by atoms with Crippen molar-refractivity contribution in [2.45, 2.75) is 69.2 Å². The maximum Gasteiger partial charge on any atom is 2.00 e. The fourth-order valence-corrected chi connectivity index (χ4v) is 3.93. The minimum atomic E-state index is 0. The zero-order valence-electron chi connectivity index (χ0n) is 22.3. The Labute approximate surface area is 238 Å². The Bertz CT molecular complexity index is 895. The van der Waals surface area contributed by atoms with Gasteiger partial charge >= 0.3 is 45.5 Å². The van der Waals surface area contributed by atoms with Crippen molar-refractivity contribution in [3.8, 4) is 11.4 Å². The standard InChI is InChI=1S/C10H8N2.2C10H15.Sr/c1-3-7-11-9(5-1)10-6-2-4-8-12-10;2*1-6-7(2)9(4)10(5)8(6)3;/h1-8H;2*1-5H3;/q;2*-1;+2/p+2. The molecule has 2 aromatic heterocycles. The monoisotopic (exact) mass is 516 g/mol. The Kier molecular flexibility index (Phi) is 12.0. The summed E-state index contributed by atoms with van der Waals surface area (Å²) in [4.78, 5) is 6.31. The van der Waals surface area contributed by atoms with E-state index in [4.69, 9.17) is 0 Å². The van der Waals surface area contributed by atoms with Crippen LogP contribution in [0.1, 0.15) is 55.6 Å². The van der Waals surface area contributed by atoms with Gasteiger partial charge in [-0.2, -0.15) is 55.6 Å². The van der Waals surface area contributed by atoms with Crippen LogP contribution in [0.3, 0.4) is 0 Å². The number of pyridine rings is 2. The Morgan fingerprint density at radius 2 is 0.758 bits per heavy atom. The summed E-state index contributed by atoms with van der Waals surface area (Å²) >= 11 is 0. The predicted octanol–water partition coefficient (Wildman–Crippen LogP) is 6.50. The SMILES string of the molecule is Cc1c(C)c(C)[c-](C)c1C.Cc1c(C)c(C)[c-](C)c1C.[Sr+2].c1ccc(-c2cccc[nH+]2)[nH+]c1. The molecule has 2 aromatic carbocycles. The second-order valence-electron chi connectivity index (χ2n) is 8.80. The second kappa shape index (κ2) is 13.4. The van der Waals surface area contributed by atoms with Gasteiger partial charge in [0.15, 0.2) is 12.4 Å². The molecular weight excluding hydrogens is 476 g/mol. The molecule has 0 radical (unpaired) electrons. The van der Waals surface area contributed by atoms with Crippen molar-refractivity contribution in [2.75, 3.05) is 0 Å². The van der Waals surface area contributed by atoms with E-state index in [0.717, 1.165) is 11.4 Å². The van der Waals surface area contributed by atoms with E-state index in [0.29, 0.717) is 0 Å². The number of hydrogen-bond donors (Lipinski definition) is 0. The Morgan fingerprint density at radius 3 is 0.909 bits per heavy atom. The van der Waals surface area contributed by atoms with Crippen LogP contribution in [0.2, 0.25) is 0 Å². The van der Waals surface area contributed by atoms with Crippen LogP contribution in [0.5, 0.6) is 0 Å². The van der Waals surface area contributed by atoms with E-state index in [-0.39, 0.29) is 45.5 Å². The molecule has 4 aromatic rings. The number of nitrogens with one attached hydrogen (secondary N) is 2. The zero-order valence-corrected chi connectivity index (χ0v) is 25.8. The minimum Gasteiger partial charge on any atom is -0.206 e. The summed E-state index contributed by atoms with van der Waals surface area (Å²) < 4.78 is 0. The molecule has 0 unspecified atom stereocenters. The maximum absolute atomic E-state index is 3.15. The summed E-state index contributed by atoms with van der Waals surface area (Å²) in [7, 11) is 0. The summed E-state index contributed by atoms with van der Waals surface area (Å²) in [5, 5.41) is 0. The minimum absolute atomic E-state index is 0. The first-order valence-corrected chi connectivity index (χ1v) is 11.4. The third-order valence-corrected chi connectivity index (χ3v) is 7.33. The first-order valence-electron chi connectivity index (χ1n) is 11.4. The molecule has 0 aliphatic heterocycles. The zero-order chi connectivity index (χ0) is 24.0. The molecule has 0 atom stereocenters. The molecule has 2 heterocycles. The van der Waals surface area contributed by atoms with E-state index in [1.165, 1.54) is 55.6 Å². The average molecular weight is 516 g/mol. The number of H-pyrrole nitrogens is 2. The van der Waals surface area contributed by atoms with Gasteiger partial charge in [-0.3, -0.25) is 0 Å². The van der Waals surface area contributed by atoms with Gasteiger partial charge < -0.3 is 0 Å². The molecule has 0 amide bonds. The van der Waals surface area contributed by atoms with Crippen molar-refractivity contribution in [1.82, 2.24) is 0 Å². The molecule has 4 rings (SSSR count). The molecule has 2 nitrogen and oxygen atoms in total. The van der Waals surface area contributed by atoms with Crippen LogP contribution in [-0.2, 0) is 0 Å². The molecule has 3 heteroatoms. The van der Waals surface area contributed by atoms with Crippen molar-refractivity contribution < 1.29 is 9.97 Å². The normalized spacial score (nSPS) is 9.88. The van der Waals surface area contributed by atoms with Crippen LogP contribution >= 0.6 is 0 Å². The summed E-state index contributed by atoms with van der Waals surface area (Å²) in [6.07, 6.45) is 3.83. The van der Waals surface area contributed by atoms with Gasteiger partial charge in [-0.15, -0.1) is 0 Å². The van der Waals surface area contributed by atoms with Gasteiger partial charge in [-0.25, -0.2) is 9.97 Å². The van der Waals surface area contributed by atoms with Gasteiger partial charge in [0.1, 0.15) is 0 Å². The number of rotatable bonds is 1. The van der Waals surface area contributed by atoms with Crippen molar-refractivity contribution in [3.05, 3.63) is 104 Å². The van der Waals surface area contributed by atoms with Crippen molar-refractivity contribution in [2.24, 2.45) is 0 Å². The van der Waals surface area contributed by atoms with Gasteiger partial charge in [-0.05, 0) is 12.1 Å². The number of hydrogen-bond acceptors (Lipinski definition) is 0. The molecule has 0 spiro atoms. The van der Waals surface area contributed by atoms with E-state index >= 15 is 0 Å². The molecule has 0 fully saturated rings. The van der Waals surface area contributed by atoms with E-state index in [9.17, 15) is 0 Å². The van der Waals surface area contributed by atoms with Crippen molar-refractivity contribution in [3.63, 3.8) is 0 Å². The van der Waals surface area contributed by atoms with E-state index in [1.54, 1.807) is 0 Å². The third kappa shape index (κ3) is 7.23. The van der Waals surface area contributed by atoms with Gasteiger partial charge in [-0.1, -0.05) is 69.2 Å². The van der Waals surface area contributed by atoms with Crippen LogP contribution in [0.25, 0.3) is 11.4 Å². The van der Waals surface area contributed by atoms with Gasteiger partial charge in [0, 0.05) is 24.3 Å². The molecule has 0 saturated heterocycles. The third-order valence-electron chi connectivity index (χ3n) is 7.33. The first kappa shape index (κ1) is 29.5. The smallest absolute Gasteiger partial charge is 0.206 e. The fourth-order valence-electron chi connectivity index (χ4n) is 3.93. The molecule has 170 valence electrons. The number of aromatic amines is 2. The molecule has 0 aliphatic rings. The van der Waals surface area contributed by atoms with Crippen LogP contribution in [-0.4, -0.2) is 45.5 Å². The summed E-state index contributed by atoms with van der Waals surface area (Å²) in [6.45, 7) is 22.0. The Morgan fingerprint density at radius 1 is 0.485 bits per heavy atom. The molecule has 0 bridgehead atoms. The molecule has 33 heavy (non-hydrogen) atoms. The van der Waals surface area contributed by atoms with Gasteiger partial charge in [0.05, 0.1) is 0 Å². The quantitative estimate of drug-likeness (QED) is 0.204. The van der Waals surface area contributed by atoms with Crippen LogP contribution in [0.4, 0.5) is 0 Å². The Balaban J connectivity index is 0.000000246. The van der Waals surface area contributed by atoms with Gasteiger partial charge in [0.25, 0.3) is 11.4 Å². The molecule has 0 aliphatic carbocycles. The average Bonchev–Trinajstić information content (AvgIpc) is 3.11. The number of aromatic nitrogens is 2. The molecule has 2 N–H and O–H groups in total. The van der Waals surface area contributed by atoms with Crippen LogP contribution in [0, 0.1) is 69.2 Å². The van der Waals surface area contributed by atoms with Crippen LogP contribution < -0.4 is 9.97 Å². The maximum atomic E-state index is 3.15. The van der Waals surface area contributed by atoms with Crippen LogP contribution in [0.15, 0.2) is 48.8 Å². The topological polar surface area (TPSA) is 28.3 Å². The summed E-state index contributed by atoms with van der Waals surface area (Å²) in [5.41, 5.74) is 16.9. The molecule has 0 saturated carbocycles. The van der Waals surface area contributed by atoms with E-state index in [2.05, 4.69) is 79.2 Å². The largest absolute Gasteiger partial charge is 2.00 e. The Hall–Kier alpha value is -1.52. The fraction of sp³-hybridized carbons (Fsp3) is 0.333. The first-order chi connectivity index (χ1) is 15.1. The van der Waals surface area contributed by atoms with Gasteiger partial charge in [0.2, 0.25) is 0 Å². The predicted molar refractivity (Wildman–Crippen MR) is 142 cm³/mol. The summed E-state index contributed by atoms with van der Waals surface area (Å²) in [6, 6.07) is 12.0. The van der Waals surface area contributed by atoms with E-state index < -0.39 is 0 Å². The van der Waals surface area contributed by atoms with Crippen molar-refractivity contribution in [1.29, 1.82) is 0 Å². The van der Waals surface area contributed by atoms with E-state index in [1.807, 2.05) is 48.8 Å².